The second-order valence-corrected chi connectivity index (χ2v) is 7.08. The van der Waals surface area contributed by atoms with Crippen LogP contribution in [0.15, 0.2) is 42.5 Å². The number of aromatic carboxylic acids is 1. The summed E-state index contributed by atoms with van der Waals surface area (Å²) in [5.41, 5.74) is 2.25. The summed E-state index contributed by atoms with van der Waals surface area (Å²) in [5, 5.41) is 9.03. The minimum Gasteiger partial charge on any atom is -0.493 e. The molecule has 2 bridgehead atoms. The Bertz CT molecular complexity index is 781. The van der Waals surface area contributed by atoms with Crippen LogP contribution >= 0.6 is 0 Å². The Morgan fingerprint density at radius 3 is 2.36 bits per heavy atom. The predicted molar refractivity (Wildman–Crippen MR) is 95.3 cm³/mol. The lowest BCUT2D eigenvalue weighted by Gasteiger charge is -2.24. The molecule has 0 unspecified atom stereocenters. The Morgan fingerprint density at radius 2 is 1.76 bits per heavy atom. The zero-order valence-corrected chi connectivity index (χ0v) is 14.3. The molecular weight excluding hydrogens is 316 g/mol. The fraction of sp³-hybridized carbons (Fsp3) is 0.381. The zero-order chi connectivity index (χ0) is 17.4. The minimum absolute atomic E-state index is 0.288. The topological polar surface area (TPSA) is 55.8 Å². The van der Waals surface area contributed by atoms with Crippen molar-refractivity contribution in [2.75, 3.05) is 7.11 Å². The first-order valence-electron chi connectivity index (χ1n) is 8.82. The molecule has 2 aromatic rings. The van der Waals surface area contributed by atoms with Crippen LogP contribution in [0.5, 0.6) is 11.5 Å². The molecule has 0 aromatic heterocycles. The maximum Gasteiger partial charge on any atom is 0.335 e. The van der Waals surface area contributed by atoms with Gasteiger partial charge in [-0.1, -0.05) is 18.2 Å². The van der Waals surface area contributed by atoms with Gasteiger partial charge in [0.2, 0.25) is 0 Å². The molecule has 0 spiro atoms. The highest BCUT2D eigenvalue weighted by atomic mass is 16.5. The first-order valence-corrected chi connectivity index (χ1v) is 8.82. The van der Waals surface area contributed by atoms with Gasteiger partial charge in [-0.05, 0) is 72.9 Å². The molecule has 2 aromatic carbocycles. The standard InChI is InChI=1S/C21H22O4/c1-24-18-9-8-16(14-4-6-15(7-5-14)21(22)23)12-20(18)25-19-11-13-2-3-17(19)10-13/h4-9,12-13,17,19H,2-3,10-11H2,1H3,(H,22,23)/t13-,17+,19+/m0/s1. The average Bonchev–Trinajstić information content (AvgIpc) is 3.25. The first kappa shape index (κ1) is 16.0. The van der Waals surface area contributed by atoms with E-state index in [0.717, 1.165) is 35.0 Å². The third-order valence-corrected chi connectivity index (χ3v) is 5.58. The molecule has 0 heterocycles. The minimum atomic E-state index is -0.915. The molecule has 2 aliphatic rings. The normalized spacial score (nSPS) is 24.3. The van der Waals surface area contributed by atoms with Crippen molar-refractivity contribution >= 4 is 5.97 Å². The van der Waals surface area contributed by atoms with Crippen LogP contribution in [-0.2, 0) is 0 Å². The monoisotopic (exact) mass is 338 g/mol. The molecule has 0 saturated heterocycles. The number of carboxylic acid groups (broad SMARTS) is 1. The van der Waals surface area contributed by atoms with Crippen LogP contribution in [0.1, 0.15) is 36.0 Å². The molecule has 4 rings (SSSR count). The second-order valence-electron chi connectivity index (χ2n) is 7.08. The molecule has 0 amide bonds. The van der Waals surface area contributed by atoms with Gasteiger partial charge in [0.05, 0.1) is 12.7 Å². The van der Waals surface area contributed by atoms with Crippen LogP contribution in [0.25, 0.3) is 11.1 Å². The van der Waals surface area contributed by atoms with Crippen molar-refractivity contribution in [3.8, 4) is 22.6 Å². The molecule has 4 heteroatoms. The summed E-state index contributed by atoms with van der Waals surface area (Å²) in [5.74, 6) is 2.11. The molecule has 130 valence electrons. The summed E-state index contributed by atoms with van der Waals surface area (Å²) in [4.78, 5) is 11.0. The van der Waals surface area contributed by atoms with Gasteiger partial charge >= 0.3 is 5.97 Å². The van der Waals surface area contributed by atoms with Gasteiger partial charge in [-0.15, -0.1) is 0 Å². The molecule has 0 aliphatic heterocycles. The number of hydrogen-bond donors (Lipinski definition) is 1. The molecule has 2 aliphatic carbocycles. The Balaban J connectivity index is 1.60. The smallest absolute Gasteiger partial charge is 0.335 e. The third-order valence-electron chi connectivity index (χ3n) is 5.58. The van der Waals surface area contributed by atoms with Crippen molar-refractivity contribution < 1.29 is 19.4 Å². The number of carbonyl (C=O) groups is 1. The van der Waals surface area contributed by atoms with E-state index >= 15 is 0 Å². The summed E-state index contributed by atoms with van der Waals surface area (Å²) in [7, 11) is 1.66. The van der Waals surface area contributed by atoms with Gasteiger partial charge < -0.3 is 14.6 Å². The van der Waals surface area contributed by atoms with Crippen molar-refractivity contribution in [2.24, 2.45) is 11.8 Å². The van der Waals surface area contributed by atoms with Gasteiger partial charge in [-0.3, -0.25) is 0 Å². The molecular formula is C21H22O4. The molecule has 2 saturated carbocycles. The van der Waals surface area contributed by atoms with E-state index in [1.54, 1.807) is 19.2 Å². The first-order chi connectivity index (χ1) is 12.1. The fourth-order valence-electron chi connectivity index (χ4n) is 4.25. The average molecular weight is 338 g/mol. The van der Waals surface area contributed by atoms with E-state index in [2.05, 4.69) is 0 Å². The highest BCUT2D eigenvalue weighted by Crippen LogP contribution is 2.47. The highest BCUT2D eigenvalue weighted by Gasteiger charge is 2.41. The molecule has 2 fully saturated rings. The maximum absolute atomic E-state index is 11.0. The van der Waals surface area contributed by atoms with Crippen molar-refractivity contribution in [3.63, 3.8) is 0 Å². The number of fused-ring (bicyclic) bond motifs is 2. The van der Waals surface area contributed by atoms with Gasteiger partial charge in [-0.25, -0.2) is 4.79 Å². The number of methoxy groups -OCH3 is 1. The largest absolute Gasteiger partial charge is 0.493 e. The number of benzene rings is 2. The quantitative estimate of drug-likeness (QED) is 0.864. The number of rotatable bonds is 5. The fourth-order valence-corrected chi connectivity index (χ4v) is 4.25. The van der Waals surface area contributed by atoms with Gasteiger partial charge in [0.15, 0.2) is 11.5 Å². The highest BCUT2D eigenvalue weighted by molar-refractivity contribution is 5.88. The number of carboxylic acids is 1. The Kier molecular flexibility index (Phi) is 4.12. The SMILES string of the molecule is COc1ccc(-c2ccc(C(=O)O)cc2)cc1O[C@@H]1C[C@H]2CC[C@@H]1C2. The van der Waals surface area contributed by atoms with E-state index in [4.69, 9.17) is 14.6 Å². The van der Waals surface area contributed by atoms with Gasteiger partial charge in [0.1, 0.15) is 6.10 Å². The van der Waals surface area contributed by atoms with Crippen molar-refractivity contribution in [3.05, 3.63) is 48.0 Å². The summed E-state index contributed by atoms with van der Waals surface area (Å²) in [6.45, 7) is 0. The van der Waals surface area contributed by atoms with Crippen LogP contribution in [0.3, 0.4) is 0 Å². The van der Waals surface area contributed by atoms with E-state index in [-0.39, 0.29) is 11.7 Å². The molecule has 0 radical (unpaired) electrons. The Labute approximate surface area is 147 Å². The van der Waals surface area contributed by atoms with E-state index in [1.165, 1.54) is 19.3 Å². The van der Waals surface area contributed by atoms with Crippen molar-refractivity contribution in [2.45, 2.75) is 31.8 Å². The van der Waals surface area contributed by atoms with E-state index in [0.29, 0.717) is 5.92 Å². The molecule has 4 nitrogen and oxygen atoms in total. The number of ether oxygens (including phenoxy) is 2. The lowest BCUT2D eigenvalue weighted by molar-refractivity contribution is 0.0697. The summed E-state index contributed by atoms with van der Waals surface area (Å²) in [6.07, 6.45) is 5.35. The second kappa shape index (κ2) is 6.43. The maximum atomic E-state index is 11.0. The Morgan fingerprint density at radius 1 is 1.00 bits per heavy atom. The summed E-state index contributed by atoms with van der Waals surface area (Å²) < 4.78 is 11.8. The van der Waals surface area contributed by atoms with Crippen molar-refractivity contribution in [1.29, 1.82) is 0 Å². The van der Waals surface area contributed by atoms with Crippen LogP contribution in [0.2, 0.25) is 0 Å². The lowest BCUT2D eigenvalue weighted by atomic mass is 9.97. The van der Waals surface area contributed by atoms with Gasteiger partial charge in [-0.2, -0.15) is 0 Å². The summed E-state index contributed by atoms with van der Waals surface area (Å²) >= 11 is 0. The van der Waals surface area contributed by atoms with Crippen LogP contribution < -0.4 is 9.47 Å². The van der Waals surface area contributed by atoms with E-state index in [1.807, 2.05) is 30.3 Å². The Hall–Kier alpha value is -2.49. The zero-order valence-electron chi connectivity index (χ0n) is 14.3. The lowest BCUT2D eigenvalue weighted by Crippen LogP contribution is -2.23. The van der Waals surface area contributed by atoms with E-state index < -0.39 is 5.97 Å². The summed E-state index contributed by atoms with van der Waals surface area (Å²) in [6, 6.07) is 12.8. The van der Waals surface area contributed by atoms with Crippen LogP contribution in [0.4, 0.5) is 0 Å². The van der Waals surface area contributed by atoms with Gasteiger partial charge in [0, 0.05) is 0 Å². The van der Waals surface area contributed by atoms with E-state index in [9.17, 15) is 4.79 Å². The van der Waals surface area contributed by atoms with Crippen LogP contribution in [-0.4, -0.2) is 24.3 Å². The van der Waals surface area contributed by atoms with Crippen molar-refractivity contribution in [1.82, 2.24) is 0 Å². The molecule has 3 atom stereocenters. The third kappa shape index (κ3) is 3.09. The predicted octanol–water partition coefficient (Wildman–Crippen LogP) is 4.63. The molecule has 1 N–H and O–H groups in total. The van der Waals surface area contributed by atoms with Gasteiger partial charge in [0.25, 0.3) is 0 Å². The molecule has 25 heavy (non-hydrogen) atoms. The number of hydrogen-bond acceptors (Lipinski definition) is 3. The van der Waals surface area contributed by atoms with Crippen LogP contribution in [0, 0.1) is 11.8 Å².